The van der Waals surface area contributed by atoms with Gasteiger partial charge in [-0.3, -0.25) is 4.98 Å². The number of piperazine rings is 1. The normalized spacial score (nSPS) is 15.4. The van der Waals surface area contributed by atoms with Crippen LogP contribution in [0, 0.1) is 0 Å². The summed E-state index contributed by atoms with van der Waals surface area (Å²) in [5, 5.41) is 1.13. The van der Waals surface area contributed by atoms with Crippen molar-refractivity contribution in [1.82, 2.24) is 14.9 Å². The van der Waals surface area contributed by atoms with E-state index in [1.165, 1.54) is 0 Å². The Labute approximate surface area is 154 Å². The van der Waals surface area contributed by atoms with Gasteiger partial charge >= 0.3 is 0 Å². The molecule has 4 rings (SSSR count). The van der Waals surface area contributed by atoms with Gasteiger partial charge in [-0.2, -0.15) is 0 Å². The Hall–Kier alpha value is -2.66. The number of fused-ring (bicyclic) bond motifs is 1. The highest BCUT2D eigenvalue weighted by molar-refractivity contribution is 5.91. The van der Waals surface area contributed by atoms with E-state index >= 15 is 0 Å². The summed E-state index contributed by atoms with van der Waals surface area (Å²) in [6.45, 7) is 7.43. The zero-order valence-electron chi connectivity index (χ0n) is 15.4. The zero-order valence-corrected chi connectivity index (χ0v) is 15.4. The number of rotatable bonds is 4. The average Bonchev–Trinajstić information content (AvgIpc) is 2.73. The third-order valence-electron chi connectivity index (χ3n) is 5.07. The van der Waals surface area contributed by atoms with E-state index in [4.69, 9.17) is 9.72 Å². The van der Waals surface area contributed by atoms with Gasteiger partial charge in [-0.05, 0) is 42.9 Å². The van der Waals surface area contributed by atoms with Crippen molar-refractivity contribution in [2.75, 3.05) is 44.7 Å². The number of aromatic nitrogens is 2. The topological polar surface area (TPSA) is 41.5 Å². The molecule has 0 radical (unpaired) electrons. The first-order chi connectivity index (χ1) is 12.8. The van der Waals surface area contributed by atoms with Crippen molar-refractivity contribution in [3.8, 4) is 17.0 Å². The number of benzene rings is 1. The number of hydrogen-bond acceptors (Lipinski definition) is 5. The maximum absolute atomic E-state index is 5.27. The summed E-state index contributed by atoms with van der Waals surface area (Å²) in [6, 6.07) is 14.3. The molecule has 134 valence electrons. The molecule has 0 amide bonds. The van der Waals surface area contributed by atoms with Crippen LogP contribution < -0.4 is 9.64 Å². The Morgan fingerprint density at radius 3 is 2.50 bits per heavy atom. The number of anilines is 1. The van der Waals surface area contributed by atoms with Gasteiger partial charge in [-0.1, -0.05) is 13.0 Å². The first kappa shape index (κ1) is 16.8. The molecular formula is C21H24N4O. The Morgan fingerprint density at radius 1 is 1.04 bits per heavy atom. The summed E-state index contributed by atoms with van der Waals surface area (Å²) in [4.78, 5) is 14.5. The molecule has 1 saturated heterocycles. The van der Waals surface area contributed by atoms with Crippen LogP contribution in [0.25, 0.3) is 22.2 Å². The first-order valence-electron chi connectivity index (χ1n) is 9.16. The third-order valence-corrected chi connectivity index (χ3v) is 5.07. The Kier molecular flexibility index (Phi) is 4.71. The fraction of sp³-hybridized carbons (Fsp3) is 0.333. The lowest BCUT2D eigenvalue weighted by molar-refractivity contribution is 0.271. The van der Waals surface area contributed by atoms with Gasteiger partial charge in [0.15, 0.2) is 5.82 Å². The molecule has 0 saturated carbocycles. The van der Waals surface area contributed by atoms with E-state index in [1.54, 1.807) is 7.11 Å². The molecule has 2 aromatic heterocycles. The van der Waals surface area contributed by atoms with Crippen molar-refractivity contribution in [3.63, 3.8) is 0 Å². The van der Waals surface area contributed by atoms with Crippen LogP contribution in [0.3, 0.4) is 0 Å². The van der Waals surface area contributed by atoms with Gasteiger partial charge in [0.25, 0.3) is 0 Å². The minimum absolute atomic E-state index is 0.854. The van der Waals surface area contributed by atoms with Crippen LogP contribution in [0.5, 0.6) is 5.75 Å². The van der Waals surface area contributed by atoms with Gasteiger partial charge in [0.05, 0.1) is 12.8 Å². The maximum atomic E-state index is 5.27. The molecule has 0 atom stereocenters. The second-order valence-electron chi connectivity index (χ2n) is 6.56. The molecule has 26 heavy (non-hydrogen) atoms. The van der Waals surface area contributed by atoms with Crippen molar-refractivity contribution >= 4 is 16.7 Å². The summed E-state index contributed by atoms with van der Waals surface area (Å²) >= 11 is 0. The highest BCUT2D eigenvalue weighted by Gasteiger charge is 2.20. The standard InChI is InChI=1S/C21H24N4O/c1-3-24-11-13-25(14-12-24)21-20-17(5-4-10-22-20)15-19(23-21)16-6-8-18(26-2)9-7-16/h4-10,15H,3,11-14H2,1-2H3. The molecule has 5 heteroatoms. The van der Waals surface area contributed by atoms with Gasteiger partial charge in [0.1, 0.15) is 11.3 Å². The number of nitrogens with zero attached hydrogens (tertiary/aromatic N) is 4. The zero-order chi connectivity index (χ0) is 17.9. The van der Waals surface area contributed by atoms with Crippen LogP contribution in [0.2, 0.25) is 0 Å². The maximum Gasteiger partial charge on any atom is 0.155 e. The summed E-state index contributed by atoms with van der Waals surface area (Å²) in [5.41, 5.74) is 3.04. The molecule has 1 aromatic carbocycles. The highest BCUT2D eigenvalue weighted by Crippen LogP contribution is 2.30. The van der Waals surface area contributed by atoms with Crippen molar-refractivity contribution in [2.45, 2.75) is 6.92 Å². The number of methoxy groups -OCH3 is 1. The first-order valence-corrected chi connectivity index (χ1v) is 9.16. The van der Waals surface area contributed by atoms with E-state index in [9.17, 15) is 0 Å². The number of hydrogen-bond donors (Lipinski definition) is 0. The molecule has 0 spiro atoms. The smallest absolute Gasteiger partial charge is 0.155 e. The number of pyridine rings is 2. The van der Waals surface area contributed by atoms with Crippen LogP contribution in [-0.4, -0.2) is 54.7 Å². The molecule has 1 aliphatic heterocycles. The second kappa shape index (κ2) is 7.30. The minimum atomic E-state index is 0.854. The van der Waals surface area contributed by atoms with Crippen molar-refractivity contribution in [2.24, 2.45) is 0 Å². The van der Waals surface area contributed by atoms with E-state index in [0.717, 1.165) is 66.5 Å². The van der Waals surface area contributed by atoms with Crippen LogP contribution in [0.4, 0.5) is 5.82 Å². The van der Waals surface area contributed by atoms with Crippen LogP contribution >= 0.6 is 0 Å². The van der Waals surface area contributed by atoms with Crippen LogP contribution in [-0.2, 0) is 0 Å². The van der Waals surface area contributed by atoms with Crippen molar-refractivity contribution in [3.05, 3.63) is 48.7 Å². The van der Waals surface area contributed by atoms with Gasteiger partial charge in [0.2, 0.25) is 0 Å². The summed E-state index contributed by atoms with van der Waals surface area (Å²) in [5.74, 6) is 1.84. The van der Waals surface area contributed by atoms with Gasteiger partial charge < -0.3 is 14.5 Å². The molecular weight excluding hydrogens is 324 g/mol. The van der Waals surface area contributed by atoms with Crippen LogP contribution in [0.15, 0.2) is 48.7 Å². The monoisotopic (exact) mass is 348 g/mol. The second-order valence-corrected chi connectivity index (χ2v) is 6.56. The van der Waals surface area contributed by atoms with Crippen molar-refractivity contribution in [1.29, 1.82) is 0 Å². The predicted molar refractivity (Wildman–Crippen MR) is 106 cm³/mol. The molecule has 1 aliphatic rings. The van der Waals surface area contributed by atoms with Gasteiger partial charge in [-0.25, -0.2) is 4.98 Å². The quantitative estimate of drug-likeness (QED) is 0.722. The molecule has 3 heterocycles. The lowest BCUT2D eigenvalue weighted by atomic mass is 10.1. The molecule has 5 nitrogen and oxygen atoms in total. The number of likely N-dealkylation sites (N-methyl/N-ethyl adjacent to an activating group) is 1. The largest absolute Gasteiger partial charge is 0.497 e. The fourth-order valence-corrected chi connectivity index (χ4v) is 3.47. The van der Waals surface area contributed by atoms with E-state index in [2.05, 4.69) is 46.0 Å². The van der Waals surface area contributed by atoms with Crippen LogP contribution in [0.1, 0.15) is 6.92 Å². The predicted octanol–water partition coefficient (Wildman–Crippen LogP) is 3.45. The van der Waals surface area contributed by atoms with Gasteiger partial charge in [-0.15, -0.1) is 0 Å². The molecule has 0 N–H and O–H groups in total. The Morgan fingerprint density at radius 2 is 1.81 bits per heavy atom. The number of ether oxygens (including phenoxy) is 1. The van der Waals surface area contributed by atoms with E-state index in [-0.39, 0.29) is 0 Å². The minimum Gasteiger partial charge on any atom is -0.497 e. The molecule has 0 aliphatic carbocycles. The SMILES string of the molecule is CCN1CCN(c2nc(-c3ccc(OC)cc3)cc3cccnc23)CC1. The molecule has 0 unspecified atom stereocenters. The molecule has 0 bridgehead atoms. The van der Waals surface area contributed by atoms with E-state index in [0.29, 0.717) is 0 Å². The van der Waals surface area contributed by atoms with Gasteiger partial charge in [0, 0.05) is 43.3 Å². The fourth-order valence-electron chi connectivity index (χ4n) is 3.47. The van der Waals surface area contributed by atoms with E-state index < -0.39 is 0 Å². The Bertz CT molecular complexity index is 886. The summed E-state index contributed by atoms with van der Waals surface area (Å²) in [6.07, 6.45) is 1.85. The average molecular weight is 348 g/mol. The highest BCUT2D eigenvalue weighted by atomic mass is 16.5. The molecule has 1 fully saturated rings. The third kappa shape index (κ3) is 3.22. The van der Waals surface area contributed by atoms with Crippen molar-refractivity contribution < 1.29 is 4.74 Å². The lowest BCUT2D eigenvalue weighted by Crippen LogP contribution is -2.46. The lowest BCUT2D eigenvalue weighted by Gasteiger charge is -2.35. The summed E-state index contributed by atoms with van der Waals surface area (Å²) < 4.78 is 5.27. The van der Waals surface area contributed by atoms with E-state index in [1.807, 2.05) is 24.4 Å². The Balaban J connectivity index is 1.75. The summed E-state index contributed by atoms with van der Waals surface area (Å²) in [7, 11) is 1.68. The molecule has 3 aromatic rings.